The van der Waals surface area contributed by atoms with Crippen LogP contribution >= 0.6 is 0 Å². The molecule has 1 aliphatic heterocycles. The fraction of sp³-hybridized carbons (Fsp3) is 0.188. The summed E-state index contributed by atoms with van der Waals surface area (Å²) < 4.78 is 57.8. The van der Waals surface area contributed by atoms with Crippen molar-refractivity contribution in [3.63, 3.8) is 0 Å². The number of carbonyl (C=O) groups is 1. The SMILES string of the molecule is O=C1Cc2cc(S(=O)(=O)NCCOc3ccc(F)c(F)c3)ccc2N1. The third kappa shape index (κ3) is 3.94. The molecular formula is C16H14F2N2O4S. The van der Waals surface area contributed by atoms with E-state index in [1.807, 2.05) is 0 Å². The molecule has 0 saturated heterocycles. The zero-order valence-electron chi connectivity index (χ0n) is 12.9. The van der Waals surface area contributed by atoms with Crippen LogP contribution in [0.1, 0.15) is 5.56 Å². The number of amides is 1. The largest absolute Gasteiger partial charge is 0.492 e. The number of hydrogen-bond acceptors (Lipinski definition) is 4. The molecule has 0 aromatic heterocycles. The second kappa shape index (κ2) is 6.77. The average Bonchev–Trinajstić information content (AvgIpc) is 2.94. The summed E-state index contributed by atoms with van der Waals surface area (Å²) in [5.41, 5.74) is 1.22. The number of carbonyl (C=O) groups excluding carboxylic acids is 1. The molecule has 9 heteroatoms. The Bertz CT molecular complexity index is 932. The van der Waals surface area contributed by atoms with Crippen molar-refractivity contribution < 1.29 is 26.7 Å². The van der Waals surface area contributed by atoms with Gasteiger partial charge in [0.1, 0.15) is 12.4 Å². The predicted molar refractivity (Wildman–Crippen MR) is 85.8 cm³/mol. The van der Waals surface area contributed by atoms with E-state index < -0.39 is 21.7 Å². The molecule has 0 unspecified atom stereocenters. The van der Waals surface area contributed by atoms with Crippen LogP contribution in [-0.2, 0) is 21.2 Å². The molecule has 2 N–H and O–H groups in total. The van der Waals surface area contributed by atoms with Crippen molar-refractivity contribution in [1.82, 2.24) is 4.72 Å². The molecule has 0 fully saturated rings. The first-order chi connectivity index (χ1) is 11.8. The topological polar surface area (TPSA) is 84.5 Å². The number of benzene rings is 2. The highest BCUT2D eigenvalue weighted by Crippen LogP contribution is 2.25. The molecule has 132 valence electrons. The van der Waals surface area contributed by atoms with Gasteiger partial charge in [-0.2, -0.15) is 0 Å². The number of ether oxygens (including phenoxy) is 1. The molecule has 0 spiro atoms. The Morgan fingerprint density at radius 1 is 1.12 bits per heavy atom. The molecule has 0 bridgehead atoms. The van der Waals surface area contributed by atoms with Crippen molar-refractivity contribution in [2.24, 2.45) is 0 Å². The molecule has 3 rings (SSSR count). The Labute approximate surface area is 142 Å². The first-order valence-electron chi connectivity index (χ1n) is 7.35. The maximum absolute atomic E-state index is 13.0. The van der Waals surface area contributed by atoms with Crippen molar-refractivity contribution in [1.29, 1.82) is 0 Å². The van der Waals surface area contributed by atoms with Gasteiger partial charge in [0.25, 0.3) is 0 Å². The van der Waals surface area contributed by atoms with Crippen molar-refractivity contribution in [2.75, 3.05) is 18.5 Å². The number of halogens is 2. The first kappa shape index (κ1) is 17.3. The number of rotatable bonds is 6. The van der Waals surface area contributed by atoms with Gasteiger partial charge in [0.05, 0.1) is 11.3 Å². The summed E-state index contributed by atoms with van der Waals surface area (Å²) in [7, 11) is -3.77. The minimum absolute atomic E-state index is 0.0376. The number of anilines is 1. The van der Waals surface area contributed by atoms with Gasteiger partial charge < -0.3 is 10.1 Å². The van der Waals surface area contributed by atoms with Crippen LogP contribution in [0.4, 0.5) is 14.5 Å². The molecule has 1 heterocycles. The molecule has 6 nitrogen and oxygen atoms in total. The maximum Gasteiger partial charge on any atom is 0.240 e. The minimum Gasteiger partial charge on any atom is -0.492 e. The summed E-state index contributed by atoms with van der Waals surface area (Å²) in [6.45, 7) is -0.120. The zero-order valence-corrected chi connectivity index (χ0v) is 13.7. The number of sulfonamides is 1. The van der Waals surface area contributed by atoms with E-state index in [1.54, 1.807) is 0 Å². The van der Waals surface area contributed by atoms with Crippen LogP contribution in [0.3, 0.4) is 0 Å². The van der Waals surface area contributed by atoms with Gasteiger partial charge in [-0.3, -0.25) is 4.79 Å². The fourth-order valence-corrected chi connectivity index (χ4v) is 3.43. The smallest absolute Gasteiger partial charge is 0.240 e. The molecule has 2 aromatic rings. The number of hydrogen-bond donors (Lipinski definition) is 2. The fourth-order valence-electron chi connectivity index (χ4n) is 2.37. The second-order valence-corrected chi connectivity index (χ2v) is 7.13. The summed E-state index contributed by atoms with van der Waals surface area (Å²) in [4.78, 5) is 11.3. The Hall–Kier alpha value is -2.52. The van der Waals surface area contributed by atoms with Gasteiger partial charge in [0.2, 0.25) is 15.9 Å². The normalized spacial score (nSPS) is 13.4. The number of nitrogens with one attached hydrogen (secondary N) is 2. The predicted octanol–water partition coefficient (Wildman–Crippen LogP) is 1.82. The van der Waals surface area contributed by atoms with Crippen LogP contribution in [0, 0.1) is 11.6 Å². The molecule has 25 heavy (non-hydrogen) atoms. The highest BCUT2D eigenvalue weighted by Gasteiger charge is 2.21. The van der Waals surface area contributed by atoms with E-state index >= 15 is 0 Å². The maximum atomic E-state index is 13.0. The second-order valence-electron chi connectivity index (χ2n) is 5.37. The Morgan fingerprint density at radius 3 is 2.68 bits per heavy atom. The molecule has 0 aliphatic carbocycles. The molecular weight excluding hydrogens is 354 g/mol. The van der Waals surface area contributed by atoms with Crippen LogP contribution < -0.4 is 14.8 Å². The highest BCUT2D eigenvalue weighted by molar-refractivity contribution is 7.89. The summed E-state index contributed by atoms with van der Waals surface area (Å²) in [6.07, 6.45) is 0.137. The van der Waals surface area contributed by atoms with Gasteiger partial charge in [0.15, 0.2) is 11.6 Å². The van der Waals surface area contributed by atoms with E-state index in [0.717, 1.165) is 12.1 Å². The number of fused-ring (bicyclic) bond motifs is 1. The third-order valence-corrected chi connectivity index (χ3v) is 5.02. The molecule has 1 aliphatic rings. The van der Waals surface area contributed by atoms with Crippen molar-refractivity contribution in [3.8, 4) is 5.75 Å². The van der Waals surface area contributed by atoms with Gasteiger partial charge >= 0.3 is 0 Å². The van der Waals surface area contributed by atoms with E-state index in [1.165, 1.54) is 24.3 Å². The standard InChI is InChI=1S/C16H14F2N2O4S/c17-13-3-1-11(9-14(13)18)24-6-5-19-25(22,23)12-2-4-15-10(7-12)8-16(21)20-15/h1-4,7,9,19H,5-6,8H2,(H,20,21). The van der Waals surface area contributed by atoms with E-state index in [2.05, 4.69) is 10.0 Å². The minimum atomic E-state index is -3.77. The summed E-state index contributed by atoms with van der Waals surface area (Å²) in [6, 6.07) is 7.42. The molecule has 0 saturated carbocycles. The van der Waals surface area contributed by atoms with Crippen LogP contribution in [0.5, 0.6) is 5.75 Å². The van der Waals surface area contributed by atoms with Crippen LogP contribution in [0.15, 0.2) is 41.3 Å². The van der Waals surface area contributed by atoms with Crippen LogP contribution in [-0.4, -0.2) is 27.5 Å². The highest BCUT2D eigenvalue weighted by atomic mass is 32.2. The average molecular weight is 368 g/mol. The molecule has 2 aromatic carbocycles. The van der Waals surface area contributed by atoms with Gasteiger partial charge in [-0.1, -0.05) is 0 Å². The summed E-state index contributed by atoms with van der Waals surface area (Å²) in [5, 5.41) is 2.62. The van der Waals surface area contributed by atoms with Crippen molar-refractivity contribution >= 4 is 21.6 Å². The van der Waals surface area contributed by atoms with Crippen LogP contribution in [0.2, 0.25) is 0 Å². The van der Waals surface area contributed by atoms with Gasteiger partial charge in [0, 0.05) is 18.3 Å². The van der Waals surface area contributed by atoms with E-state index in [0.29, 0.717) is 11.3 Å². The van der Waals surface area contributed by atoms with Crippen LogP contribution in [0.25, 0.3) is 0 Å². The van der Waals surface area contributed by atoms with Crippen molar-refractivity contribution in [2.45, 2.75) is 11.3 Å². The summed E-state index contributed by atoms with van der Waals surface area (Å²) >= 11 is 0. The lowest BCUT2D eigenvalue weighted by Crippen LogP contribution is -2.28. The van der Waals surface area contributed by atoms with Gasteiger partial charge in [-0.05, 0) is 35.9 Å². The first-order valence-corrected chi connectivity index (χ1v) is 8.84. The van der Waals surface area contributed by atoms with Gasteiger partial charge in [-0.15, -0.1) is 0 Å². The third-order valence-electron chi connectivity index (χ3n) is 3.57. The Balaban J connectivity index is 1.58. The monoisotopic (exact) mass is 368 g/mol. The molecule has 0 atom stereocenters. The summed E-state index contributed by atoms with van der Waals surface area (Å²) in [5.74, 6) is -2.12. The lowest BCUT2D eigenvalue weighted by atomic mass is 10.2. The Morgan fingerprint density at radius 2 is 1.92 bits per heavy atom. The zero-order chi connectivity index (χ0) is 18.0. The molecule has 1 amide bonds. The van der Waals surface area contributed by atoms with E-state index in [9.17, 15) is 22.0 Å². The Kier molecular flexibility index (Phi) is 4.69. The lowest BCUT2D eigenvalue weighted by Gasteiger charge is -2.09. The quantitative estimate of drug-likeness (QED) is 0.762. The van der Waals surface area contributed by atoms with E-state index in [-0.39, 0.29) is 36.1 Å². The van der Waals surface area contributed by atoms with Crippen molar-refractivity contribution in [3.05, 3.63) is 53.6 Å². The molecule has 0 radical (unpaired) electrons. The lowest BCUT2D eigenvalue weighted by molar-refractivity contribution is -0.115. The van der Waals surface area contributed by atoms with Gasteiger partial charge in [-0.25, -0.2) is 21.9 Å². The van der Waals surface area contributed by atoms with E-state index in [4.69, 9.17) is 4.74 Å².